The van der Waals surface area contributed by atoms with Crippen LogP contribution in [0.1, 0.15) is 6.42 Å². The third kappa shape index (κ3) is 9.00. The standard InChI is InChI=1S/C24H34F4N4O4Si/c1-37(2,3)18-35-17-31-10-7-22(33)32(23(31)34)9-4-8-29-11-13-30(14-12-29)20-6-5-19(25)15-21(20)36-16-24(26,27)28/h5-7,10,15H,4,8-9,11-14,16-18H2,1-3H3. The fourth-order valence-electron chi connectivity index (χ4n) is 4.00. The molecule has 1 aliphatic heterocycles. The van der Waals surface area contributed by atoms with Crippen molar-refractivity contribution in [2.45, 2.75) is 45.5 Å². The van der Waals surface area contributed by atoms with E-state index in [1.165, 1.54) is 33.5 Å². The Morgan fingerprint density at radius 3 is 2.35 bits per heavy atom. The fourth-order valence-corrected chi connectivity index (χ4v) is 4.70. The zero-order valence-electron chi connectivity index (χ0n) is 21.4. The zero-order valence-corrected chi connectivity index (χ0v) is 22.4. The average molecular weight is 547 g/mol. The Balaban J connectivity index is 1.52. The highest BCUT2D eigenvalue weighted by Gasteiger charge is 2.29. The second kappa shape index (κ2) is 12.3. The molecule has 13 heteroatoms. The monoisotopic (exact) mass is 546 g/mol. The van der Waals surface area contributed by atoms with E-state index in [0.717, 1.165) is 6.07 Å². The van der Waals surface area contributed by atoms with Gasteiger partial charge in [0.1, 0.15) is 18.3 Å². The molecule has 3 rings (SSSR count). The van der Waals surface area contributed by atoms with Gasteiger partial charge in [0, 0.05) is 57.3 Å². The van der Waals surface area contributed by atoms with Crippen LogP contribution in [0, 0.1) is 5.82 Å². The van der Waals surface area contributed by atoms with Crippen LogP contribution in [0.2, 0.25) is 19.6 Å². The van der Waals surface area contributed by atoms with E-state index < -0.39 is 32.4 Å². The maximum absolute atomic E-state index is 13.6. The summed E-state index contributed by atoms with van der Waals surface area (Å²) in [6.07, 6.45) is -1.89. The molecule has 0 radical (unpaired) electrons. The van der Waals surface area contributed by atoms with Crippen LogP contribution in [0.25, 0.3) is 0 Å². The summed E-state index contributed by atoms with van der Waals surface area (Å²) in [7, 11) is -1.42. The molecule has 0 aliphatic carbocycles. The van der Waals surface area contributed by atoms with Crippen LogP contribution in [0.15, 0.2) is 40.1 Å². The van der Waals surface area contributed by atoms with Gasteiger partial charge in [-0.15, -0.1) is 0 Å². The normalized spacial score (nSPS) is 15.3. The van der Waals surface area contributed by atoms with E-state index in [2.05, 4.69) is 24.5 Å². The molecule has 0 unspecified atom stereocenters. The number of hydrogen-bond donors (Lipinski definition) is 0. The Bertz CT molecular complexity index is 1160. The molecule has 0 saturated carbocycles. The van der Waals surface area contributed by atoms with Gasteiger partial charge < -0.3 is 14.4 Å². The van der Waals surface area contributed by atoms with Crippen molar-refractivity contribution < 1.29 is 27.0 Å². The molecular formula is C24H34F4N4O4Si. The smallest absolute Gasteiger partial charge is 0.422 e. The van der Waals surface area contributed by atoms with Crippen LogP contribution in [0.3, 0.4) is 0 Å². The summed E-state index contributed by atoms with van der Waals surface area (Å²) < 4.78 is 64.5. The van der Waals surface area contributed by atoms with E-state index in [1.807, 2.05) is 4.90 Å². The Hall–Kier alpha value is -2.64. The number of nitrogens with zero attached hydrogens (tertiary/aromatic N) is 4. The SMILES string of the molecule is C[Si](C)(C)COCn1ccc(=O)n(CCCN2CCN(c3ccc(F)cc3OCC(F)(F)F)CC2)c1=O. The molecule has 206 valence electrons. The molecule has 2 heterocycles. The molecule has 2 aromatic rings. The molecule has 0 amide bonds. The van der Waals surface area contributed by atoms with Crippen molar-refractivity contribution in [3.05, 3.63) is 57.1 Å². The highest BCUT2D eigenvalue weighted by atomic mass is 28.3. The minimum absolute atomic E-state index is 0.101. The molecule has 1 aromatic heterocycles. The number of hydrogen-bond acceptors (Lipinski definition) is 6. The van der Waals surface area contributed by atoms with Crippen LogP contribution in [-0.4, -0.2) is 73.8 Å². The Kier molecular flexibility index (Phi) is 9.59. The summed E-state index contributed by atoms with van der Waals surface area (Å²) in [5, 5.41) is 0. The molecule has 1 fully saturated rings. The summed E-state index contributed by atoms with van der Waals surface area (Å²) in [4.78, 5) is 29.0. The van der Waals surface area contributed by atoms with Gasteiger partial charge in [0.25, 0.3) is 5.56 Å². The maximum atomic E-state index is 13.6. The third-order valence-electron chi connectivity index (χ3n) is 5.79. The van der Waals surface area contributed by atoms with Gasteiger partial charge in [0.05, 0.1) is 13.8 Å². The van der Waals surface area contributed by atoms with Gasteiger partial charge in [0.2, 0.25) is 0 Å². The lowest BCUT2D eigenvalue weighted by Crippen LogP contribution is -2.47. The van der Waals surface area contributed by atoms with Crippen molar-refractivity contribution in [2.75, 3.05) is 50.5 Å². The predicted molar refractivity (Wildman–Crippen MR) is 135 cm³/mol. The first-order valence-electron chi connectivity index (χ1n) is 12.2. The molecule has 1 saturated heterocycles. The average Bonchev–Trinajstić information content (AvgIpc) is 2.81. The van der Waals surface area contributed by atoms with Gasteiger partial charge in [-0.3, -0.25) is 18.8 Å². The Labute approximate surface area is 214 Å². The second-order valence-electron chi connectivity index (χ2n) is 10.3. The van der Waals surface area contributed by atoms with Crippen molar-refractivity contribution in [2.24, 2.45) is 0 Å². The highest BCUT2D eigenvalue weighted by molar-refractivity contribution is 6.76. The first-order chi connectivity index (χ1) is 17.3. The summed E-state index contributed by atoms with van der Waals surface area (Å²) in [6, 6.07) is 4.95. The van der Waals surface area contributed by atoms with Crippen LogP contribution in [0.5, 0.6) is 5.75 Å². The van der Waals surface area contributed by atoms with Crippen molar-refractivity contribution in [3.63, 3.8) is 0 Å². The van der Waals surface area contributed by atoms with Gasteiger partial charge in [-0.25, -0.2) is 9.18 Å². The van der Waals surface area contributed by atoms with Crippen molar-refractivity contribution in [1.82, 2.24) is 14.0 Å². The van der Waals surface area contributed by atoms with Crippen LogP contribution in [0.4, 0.5) is 23.2 Å². The largest absolute Gasteiger partial charge is 0.482 e. The number of alkyl halides is 3. The minimum Gasteiger partial charge on any atom is -0.482 e. The lowest BCUT2D eigenvalue weighted by molar-refractivity contribution is -0.153. The van der Waals surface area contributed by atoms with Crippen LogP contribution < -0.4 is 20.9 Å². The molecule has 8 nitrogen and oxygen atoms in total. The quantitative estimate of drug-likeness (QED) is 0.319. The van der Waals surface area contributed by atoms with Crippen LogP contribution >= 0.6 is 0 Å². The fraction of sp³-hybridized carbons (Fsp3) is 0.583. The molecule has 1 aliphatic rings. The number of benzene rings is 1. The van der Waals surface area contributed by atoms with E-state index in [1.54, 1.807) is 0 Å². The molecule has 0 bridgehead atoms. The molecule has 37 heavy (non-hydrogen) atoms. The number of ether oxygens (including phenoxy) is 2. The van der Waals surface area contributed by atoms with Crippen LogP contribution in [-0.2, 0) is 18.0 Å². The second-order valence-corrected chi connectivity index (χ2v) is 15.7. The zero-order chi connectivity index (χ0) is 27.2. The molecular weight excluding hydrogens is 512 g/mol. The van der Waals surface area contributed by atoms with Gasteiger partial charge >= 0.3 is 11.9 Å². The molecule has 0 N–H and O–H groups in total. The van der Waals surface area contributed by atoms with Crippen molar-refractivity contribution in [1.29, 1.82) is 0 Å². The van der Waals surface area contributed by atoms with Gasteiger partial charge in [0.15, 0.2) is 6.61 Å². The maximum Gasteiger partial charge on any atom is 0.422 e. The summed E-state index contributed by atoms with van der Waals surface area (Å²) in [5.41, 5.74) is -0.354. The Morgan fingerprint density at radius 2 is 1.70 bits per heavy atom. The summed E-state index contributed by atoms with van der Waals surface area (Å²) in [6.45, 7) is 8.27. The topological polar surface area (TPSA) is 68.9 Å². The Morgan fingerprint density at radius 1 is 1.00 bits per heavy atom. The lowest BCUT2D eigenvalue weighted by Gasteiger charge is -2.36. The number of anilines is 1. The van der Waals surface area contributed by atoms with E-state index in [-0.39, 0.29) is 24.6 Å². The van der Waals surface area contributed by atoms with E-state index in [9.17, 15) is 27.2 Å². The number of piperazine rings is 1. The van der Waals surface area contributed by atoms with Gasteiger partial charge in [-0.1, -0.05) is 19.6 Å². The van der Waals surface area contributed by atoms with E-state index >= 15 is 0 Å². The number of aromatic nitrogens is 2. The third-order valence-corrected chi connectivity index (χ3v) is 6.86. The first kappa shape index (κ1) is 28.9. The van der Waals surface area contributed by atoms with Crippen molar-refractivity contribution in [3.8, 4) is 5.75 Å². The molecule has 1 aromatic carbocycles. The predicted octanol–water partition coefficient (Wildman–Crippen LogP) is 3.15. The number of rotatable bonds is 11. The minimum atomic E-state index is -4.52. The van der Waals surface area contributed by atoms with E-state index in [4.69, 9.17) is 9.47 Å². The van der Waals surface area contributed by atoms with Gasteiger partial charge in [-0.2, -0.15) is 13.2 Å². The first-order valence-corrected chi connectivity index (χ1v) is 15.9. The van der Waals surface area contributed by atoms with Gasteiger partial charge in [-0.05, 0) is 25.1 Å². The van der Waals surface area contributed by atoms with E-state index in [0.29, 0.717) is 51.1 Å². The summed E-state index contributed by atoms with van der Waals surface area (Å²) in [5.74, 6) is -0.809. The lowest BCUT2D eigenvalue weighted by atomic mass is 10.2. The number of halogens is 4. The molecule has 0 atom stereocenters. The van der Waals surface area contributed by atoms with Crippen molar-refractivity contribution >= 4 is 13.8 Å². The molecule has 0 spiro atoms. The summed E-state index contributed by atoms with van der Waals surface area (Å²) >= 11 is 0. The highest BCUT2D eigenvalue weighted by Crippen LogP contribution is 2.31.